The first-order chi connectivity index (χ1) is 23.1. The van der Waals surface area contributed by atoms with Crippen LogP contribution in [-0.4, -0.2) is 109 Å². The molecule has 2 aromatic rings. The maximum Gasteiger partial charge on any atom is 0.394 e. The molecule has 4 aliphatic heterocycles. The van der Waals surface area contributed by atoms with E-state index in [0.29, 0.717) is 0 Å². The van der Waals surface area contributed by atoms with Crippen molar-refractivity contribution >= 4 is 28.0 Å². The van der Waals surface area contributed by atoms with Crippen LogP contribution in [0.15, 0.2) is 34.1 Å². The van der Waals surface area contributed by atoms with Gasteiger partial charge in [0.15, 0.2) is 24.0 Å². The number of aromatic nitrogens is 4. The van der Waals surface area contributed by atoms with Crippen molar-refractivity contribution in [1.29, 1.82) is 0 Å². The van der Waals surface area contributed by atoms with Crippen LogP contribution in [-0.2, 0) is 48.4 Å². The average Bonchev–Trinajstić information content (AvgIpc) is 3.67. The van der Waals surface area contributed by atoms with Crippen molar-refractivity contribution in [2.45, 2.75) is 102 Å². The number of rotatable bonds is 6. The summed E-state index contributed by atoms with van der Waals surface area (Å²) in [7, 11) is -4.67. The minimum absolute atomic E-state index is 0.0191. The monoisotopic (exact) mass is 734 g/mol. The zero-order valence-electron chi connectivity index (χ0n) is 28.0. The lowest BCUT2D eigenvalue weighted by atomic mass is 10.1. The predicted molar refractivity (Wildman–Crippen MR) is 168 cm³/mol. The minimum atomic E-state index is -4.67. The van der Waals surface area contributed by atoms with Gasteiger partial charge in [0.25, 0.3) is 0 Å². The normalized spacial score (nSPS) is 30.4. The Morgan fingerprint density at radius 2 is 1.22 bits per heavy atom. The average molecular weight is 735 g/mol. The Balaban J connectivity index is 0.000000202. The molecule has 6 heterocycles. The molecule has 6 rings (SSSR count). The lowest BCUT2D eigenvalue weighted by molar-refractivity contribution is -0.203. The Kier molecular flexibility index (Phi) is 11.7. The number of fused-ring (bicyclic) bond motifs is 2. The van der Waals surface area contributed by atoms with Gasteiger partial charge in [-0.2, -0.15) is 18.4 Å². The van der Waals surface area contributed by atoms with Gasteiger partial charge in [-0.1, -0.05) is 13.8 Å². The zero-order valence-corrected chi connectivity index (χ0v) is 28.8. The first-order valence-corrected chi connectivity index (χ1v) is 16.7. The SMILES string of the molecule is CC(C)C(=O)OC[C@H]1O[C@@H](n2ccc(N)nc2=O)[C@@H]2OC(C)(C)O[C@@H]21.CC1(C)O[C@@H]2[C@H](O1)[C@@H](CO)O[C@H]2n1ccc(N)nc1=O.O=S(=O)(O)O. The molecule has 280 valence electrons. The first kappa shape index (κ1) is 39.2. The highest BCUT2D eigenvalue weighted by Crippen LogP contribution is 2.43. The third kappa shape index (κ3) is 9.60. The number of anilines is 2. The summed E-state index contributed by atoms with van der Waals surface area (Å²) in [6.07, 6.45) is -1.43. The molecule has 7 N–H and O–H groups in total. The Morgan fingerprint density at radius 3 is 1.60 bits per heavy atom. The molecule has 0 aliphatic carbocycles. The van der Waals surface area contributed by atoms with E-state index < -0.39 is 82.4 Å². The summed E-state index contributed by atoms with van der Waals surface area (Å²) in [5.41, 5.74) is 9.93. The molecule has 0 radical (unpaired) electrons. The molecule has 21 nitrogen and oxygen atoms in total. The smallest absolute Gasteiger partial charge is 0.394 e. The molecular weight excluding hydrogens is 692 g/mol. The number of nitrogen functional groups attached to an aromatic ring is 2. The van der Waals surface area contributed by atoms with Gasteiger partial charge in [0.1, 0.15) is 54.9 Å². The van der Waals surface area contributed by atoms with Crippen LogP contribution in [0, 0.1) is 5.92 Å². The lowest BCUT2D eigenvalue weighted by Crippen LogP contribution is -2.35. The van der Waals surface area contributed by atoms with Crippen molar-refractivity contribution in [3.05, 3.63) is 45.5 Å². The third-order valence-electron chi connectivity index (χ3n) is 7.54. The van der Waals surface area contributed by atoms with Crippen LogP contribution < -0.4 is 22.8 Å². The van der Waals surface area contributed by atoms with Crippen LogP contribution >= 0.6 is 0 Å². The first-order valence-electron chi connectivity index (χ1n) is 15.3. The molecule has 0 amide bonds. The van der Waals surface area contributed by atoms with Crippen LogP contribution in [0.5, 0.6) is 0 Å². The van der Waals surface area contributed by atoms with E-state index in [1.165, 1.54) is 33.7 Å². The molecule has 0 unspecified atom stereocenters. The van der Waals surface area contributed by atoms with Crippen LogP contribution in [0.25, 0.3) is 0 Å². The molecule has 0 spiro atoms. The fourth-order valence-electron chi connectivity index (χ4n) is 5.62. The van der Waals surface area contributed by atoms with Crippen molar-refractivity contribution in [2.75, 3.05) is 24.7 Å². The number of esters is 1. The molecule has 0 bridgehead atoms. The number of carbonyl (C=O) groups is 1. The molecule has 4 fully saturated rings. The van der Waals surface area contributed by atoms with Crippen LogP contribution in [0.3, 0.4) is 0 Å². The molecular formula is C28H42N6O15S. The largest absolute Gasteiger partial charge is 0.463 e. The Hall–Kier alpha value is -3.58. The summed E-state index contributed by atoms with van der Waals surface area (Å²) >= 11 is 0. The Bertz CT molecular complexity index is 1740. The number of nitrogens with two attached hydrogens (primary N) is 2. The van der Waals surface area contributed by atoms with E-state index in [1.54, 1.807) is 41.5 Å². The van der Waals surface area contributed by atoms with Crippen LogP contribution in [0.4, 0.5) is 11.6 Å². The van der Waals surface area contributed by atoms with E-state index in [1.807, 2.05) is 0 Å². The maximum absolute atomic E-state index is 12.1. The standard InChI is InChI=1S/C16H23N3O6.C12H17N3O5.H2O4S/c1-8(2)14(20)22-7-9-11-12(25-16(3,4)24-11)13(23-9)19-6-5-10(17)18-15(19)21;1-12(2)19-8-6(5-16)18-10(9(8)20-12)15-4-3-7(13)14-11(15)17;1-5(2,3)4/h5-6,8-9,11-13H,7H2,1-4H3,(H2,17,18,21);3-4,6,8-10,16H,5H2,1-2H3,(H2,13,14,17);(H2,1,2,3,4)/t9-,11-,12-,13-;6-,8-,9-,10-;/m11./s1. The van der Waals surface area contributed by atoms with Crippen molar-refractivity contribution < 1.29 is 60.6 Å². The van der Waals surface area contributed by atoms with Gasteiger partial charge in [-0.3, -0.25) is 23.0 Å². The van der Waals surface area contributed by atoms with E-state index >= 15 is 0 Å². The second kappa shape index (κ2) is 15.0. The molecule has 0 saturated carbocycles. The van der Waals surface area contributed by atoms with Gasteiger partial charge in [0.2, 0.25) is 0 Å². The van der Waals surface area contributed by atoms with Gasteiger partial charge in [0.05, 0.1) is 12.5 Å². The summed E-state index contributed by atoms with van der Waals surface area (Å²) in [6.45, 7) is 10.4. The van der Waals surface area contributed by atoms with E-state index in [4.69, 9.17) is 62.1 Å². The number of aliphatic hydroxyl groups is 1. The van der Waals surface area contributed by atoms with Gasteiger partial charge in [-0.15, -0.1) is 0 Å². The van der Waals surface area contributed by atoms with Gasteiger partial charge in [0, 0.05) is 12.4 Å². The molecule has 50 heavy (non-hydrogen) atoms. The molecule has 8 atom stereocenters. The quantitative estimate of drug-likeness (QED) is 0.176. The molecule has 22 heteroatoms. The fraction of sp³-hybridized carbons (Fsp3) is 0.679. The number of aliphatic hydroxyl groups excluding tert-OH is 1. The molecule has 4 saturated heterocycles. The second-order valence-corrected chi connectivity index (χ2v) is 13.7. The van der Waals surface area contributed by atoms with Crippen molar-refractivity contribution in [2.24, 2.45) is 5.92 Å². The topological polar surface area (TPSA) is 298 Å². The molecule has 4 aliphatic rings. The number of hydrogen-bond donors (Lipinski definition) is 5. The fourth-order valence-corrected chi connectivity index (χ4v) is 5.62. The summed E-state index contributed by atoms with van der Waals surface area (Å²) in [6, 6.07) is 3.01. The molecule has 2 aromatic heterocycles. The minimum Gasteiger partial charge on any atom is -0.463 e. The number of ether oxygens (including phenoxy) is 7. The van der Waals surface area contributed by atoms with Crippen molar-refractivity contribution in [1.82, 2.24) is 19.1 Å². The summed E-state index contributed by atoms with van der Waals surface area (Å²) in [5, 5.41) is 9.38. The lowest BCUT2D eigenvalue weighted by Gasteiger charge is -2.24. The van der Waals surface area contributed by atoms with Crippen molar-refractivity contribution in [3.8, 4) is 0 Å². The number of hydrogen-bond acceptors (Lipinski definition) is 17. The summed E-state index contributed by atoms with van der Waals surface area (Å²) < 4.78 is 74.3. The second-order valence-electron chi connectivity index (χ2n) is 12.8. The van der Waals surface area contributed by atoms with Gasteiger partial charge in [-0.25, -0.2) is 9.59 Å². The zero-order chi connectivity index (χ0) is 37.3. The highest BCUT2D eigenvalue weighted by molar-refractivity contribution is 7.79. The highest BCUT2D eigenvalue weighted by Gasteiger charge is 2.57. The summed E-state index contributed by atoms with van der Waals surface area (Å²) in [4.78, 5) is 43.2. The van der Waals surface area contributed by atoms with Gasteiger partial charge >= 0.3 is 27.7 Å². The van der Waals surface area contributed by atoms with E-state index in [-0.39, 0.29) is 36.7 Å². The van der Waals surface area contributed by atoms with E-state index in [2.05, 4.69) is 9.97 Å². The highest BCUT2D eigenvalue weighted by atomic mass is 32.3. The number of carbonyl (C=O) groups excluding carboxylic acids is 1. The van der Waals surface area contributed by atoms with Gasteiger partial charge < -0.3 is 49.7 Å². The number of nitrogens with zero attached hydrogens (tertiary/aromatic N) is 4. The van der Waals surface area contributed by atoms with Crippen LogP contribution in [0.1, 0.15) is 54.0 Å². The third-order valence-corrected chi connectivity index (χ3v) is 7.54. The van der Waals surface area contributed by atoms with E-state index in [0.717, 1.165) is 0 Å². The van der Waals surface area contributed by atoms with Gasteiger partial charge in [-0.05, 0) is 39.8 Å². The Morgan fingerprint density at radius 1 is 0.840 bits per heavy atom. The maximum atomic E-state index is 12.1. The Labute approximate surface area is 285 Å². The van der Waals surface area contributed by atoms with E-state index in [9.17, 15) is 19.5 Å². The predicted octanol–water partition coefficient (Wildman–Crippen LogP) is -0.975. The summed E-state index contributed by atoms with van der Waals surface area (Å²) in [5.74, 6) is -1.91. The molecule has 0 aromatic carbocycles. The van der Waals surface area contributed by atoms with Crippen LogP contribution in [0.2, 0.25) is 0 Å². The van der Waals surface area contributed by atoms with Crippen molar-refractivity contribution in [3.63, 3.8) is 0 Å².